The average molecular weight is 323 g/mol. The molecular weight excluding hydrogens is 302 g/mol. The molecule has 0 radical (unpaired) electrons. The SMILES string of the molecule is O=C(NCc1cccnc1)C1[C@H]2CN(C/C=C/c3ccco3)C[C@@H]12. The molecule has 1 aliphatic heterocycles. The minimum Gasteiger partial charge on any atom is -0.465 e. The number of fused-ring (bicyclic) bond motifs is 1. The lowest BCUT2D eigenvalue weighted by atomic mass is 10.2. The Labute approximate surface area is 141 Å². The van der Waals surface area contributed by atoms with E-state index < -0.39 is 0 Å². The van der Waals surface area contributed by atoms with Crippen LogP contribution < -0.4 is 5.32 Å². The summed E-state index contributed by atoms with van der Waals surface area (Å²) in [5.41, 5.74) is 1.04. The molecule has 0 aromatic carbocycles. The average Bonchev–Trinajstić information content (AvgIpc) is 2.99. The van der Waals surface area contributed by atoms with E-state index in [2.05, 4.69) is 21.3 Å². The number of amides is 1. The number of aromatic nitrogens is 1. The van der Waals surface area contributed by atoms with Gasteiger partial charge in [0.15, 0.2) is 0 Å². The number of nitrogens with zero attached hydrogens (tertiary/aromatic N) is 2. The molecule has 1 saturated carbocycles. The molecule has 24 heavy (non-hydrogen) atoms. The Hall–Kier alpha value is -2.40. The summed E-state index contributed by atoms with van der Waals surface area (Å²) in [5.74, 6) is 2.32. The van der Waals surface area contributed by atoms with Gasteiger partial charge in [-0.1, -0.05) is 12.1 Å². The van der Waals surface area contributed by atoms with Crippen molar-refractivity contribution in [2.45, 2.75) is 6.54 Å². The number of carbonyl (C=O) groups is 1. The van der Waals surface area contributed by atoms with E-state index in [0.717, 1.165) is 31.0 Å². The van der Waals surface area contributed by atoms with Crippen molar-refractivity contribution >= 4 is 12.0 Å². The molecule has 1 saturated heterocycles. The lowest BCUT2D eigenvalue weighted by molar-refractivity contribution is -0.123. The van der Waals surface area contributed by atoms with Crippen LogP contribution >= 0.6 is 0 Å². The summed E-state index contributed by atoms with van der Waals surface area (Å²) in [4.78, 5) is 18.8. The molecule has 0 bridgehead atoms. The van der Waals surface area contributed by atoms with Crippen LogP contribution in [0.2, 0.25) is 0 Å². The van der Waals surface area contributed by atoms with E-state index in [0.29, 0.717) is 18.4 Å². The highest BCUT2D eigenvalue weighted by Crippen LogP contribution is 2.51. The molecule has 1 aliphatic carbocycles. The van der Waals surface area contributed by atoms with Crippen LogP contribution in [0.25, 0.3) is 6.08 Å². The van der Waals surface area contributed by atoms with Gasteiger partial charge in [0, 0.05) is 44.5 Å². The second kappa shape index (κ2) is 6.61. The molecular formula is C19H21N3O2. The zero-order valence-corrected chi connectivity index (χ0v) is 13.5. The molecule has 5 heteroatoms. The summed E-state index contributed by atoms with van der Waals surface area (Å²) in [6.45, 7) is 3.51. The van der Waals surface area contributed by atoms with Crippen LogP contribution in [0.1, 0.15) is 11.3 Å². The zero-order valence-electron chi connectivity index (χ0n) is 13.5. The lowest BCUT2D eigenvalue weighted by Gasteiger charge is -2.17. The van der Waals surface area contributed by atoms with Crippen LogP contribution in [-0.4, -0.2) is 35.4 Å². The van der Waals surface area contributed by atoms with Crippen LogP contribution in [0, 0.1) is 17.8 Å². The van der Waals surface area contributed by atoms with Crippen molar-refractivity contribution in [1.82, 2.24) is 15.2 Å². The third-order valence-electron chi connectivity index (χ3n) is 4.95. The topological polar surface area (TPSA) is 58.4 Å². The van der Waals surface area contributed by atoms with E-state index in [1.54, 1.807) is 18.7 Å². The predicted octanol–water partition coefficient (Wildman–Crippen LogP) is 2.18. The second-order valence-corrected chi connectivity index (χ2v) is 6.57. The first-order valence-corrected chi connectivity index (χ1v) is 8.40. The standard InChI is InChI=1S/C19H21N3O2/c23-19(21-11-14-4-1-7-20-10-14)18-16-12-22(13-17(16)18)8-2-5-15-6-3-9-24-15/h1-7,9-10,16-18H,8,11-13H2,(H,21,23)/b5-2+/t16-,17+,18?. The van der Waals surface area contributed by atoms with Gasteiger partial charge in [0.05, 0.1) is 6.26 Å². The maximum atomic E-state index is 12.3. The zero-order chi connectivity index (χ0) is 16.4. The first-order chi connectivity index (χ1) is 11.8. The molecule has 1 unspecified atom stereocenters. The normalized spacial score (nSPS) is 25.8. The fourth-order valence-corrected chi connectivity index (χ4v) is 3.67. The summed E-state index contributed by atoms with van der Waals surface area (Å²) in [6.07, 6.45) is 9.34. The van der Waals surface area contributed by atoms with Gasteiger partial charge in [-0.05, 0) is 41.7 Å². The number of pyridine rings is 1. The van der Waals surface area contributed by atoms with Crippen molar-refractivity contribution in [3.8, 4) is 0 Å². The maximum Gasteiger partial charge on any atom is 0.224 e. The second-order valence-electron chi connectivity index (χ2n) is 6.57. The number of furan rings is 1. The predicted molar refractivity (Wildman–Crippen MR) is 90.7 cm³/mol. The van der Waals surface area contributed by atoms with Gasteiger partial charge < -0.3 is 9.73 Å². The minimum absolute atomic E-state index is 0.194. The van der Waals surface area contributed by atoms with Gasteiger partial charge in [-0.2, -0.15) is 0 Å². The summed E-state index contributed by atoms with van der Waals surface area (Å²) < 4.78 is 5.28. The summed E-state index contributed by atoms with van der Waals surface area (Å²) in [7, 11) is 0. The highest BCUT2D eigenvalue weighted by molar-refractivity contribution is 5.82. The third kappa shape index (κ3) is 3.26. The Morgan fingerprint density at radius 3 is 2.92 bits per heavy atom. The van der Waals surface area contributed by atoms with Crippen LogP contribution in [0.15, 0.2) is 53.4 Å². The number of carbonyl (C=O) groups excluding carboxylic acids is 1. The molecule has 5 nitrogen and oxygen atoms in total. The number of rotatable bonds is 6. The van der Waals surface area contributed by atoms with Crippen LogP contribution in [0.3, 0.4) is 0 Å². The number of likely N-dealkylation sites (tertiary alicyclic amines) is 1. The Morgan fingerprint density at radius 2 is 2.21 bits per heavy atom. The first-order valence-electron chi connectivity index (χ1n) is 8.40. The fraction of sp³-hybridized carbons (Fsp3) is 0.368. The van der Waals surface area contributed by atoms with Crippen molar-refractivity contribution in [3.63, 3.8) is 0 Å². The largest absolute Gasteiger partial charge is 0.465 e. The molecule has 124 valence electrons. The van der Waals surface area contributed by atoms with E-state index >= 15 is 0 Å². The van der Waals surface area contributed by atoms with Crippen molar-refractivity contribution in [2.75, 3.05) is 19.6 Å². The lowest BCUT2D eigenvalue weighted by Crippen LogP contribution is -2.31. The van der Waals surface area contributed by atoms with Gasteiger partial charge in [-0.15, -0.1) is 0 Å². The highest BCUT2D eigenvalue weighted by Gasteiger charge is 2.58. The minimum atomic E-state index is 0.194. The fourth-order valence-electron chi connectivity index (χ4n) is 3.67. The maximum absolute atomic E-state index is 12.3. The van der Waals surface area contributed by atoms with Crippen molar-refractivity contribution in [3.05, 3.63) is 60.3 Å². The Kier molecular flexibility index (Phi) is 4.17. The Morgan fingerprint density at radius 1 is 1.33 bits per heavy atom. The van der Waals surface area contributed by atoms with Crippen molar-refractivity contribution < 1.29 is 9.21 Å². The Balaban J connectivity index is 1.20. The van der Waals surface area contributed by atoms with Gasteiger partial charge in [-0.25, -0.2) is 0 Å². The van der Waals surface area contributed by atoms with Crippen LogP contribution in [0.5, 0.6) is 0 Å². The molecule has 3 atom stereocenters. The molecule has 2 fully saturated rings. The van der Waals surface area contributed by atoms with Gasteiger partial charge in [-0.3, -0.25) is 14.7 Å². The molecule has 1 amide bonds. The summed E-state index contributed by atoms with van der Waals surface area (Å²) in [5, 5.41) is 3.04. The Bertz CT molecular complexity index is 699. The molecule has 2 aromatic rings. The number of hydrogen-bond acceptors (Lipinski definition) is 4. The van der Waals surface area contributed by atoms with E-state index in [9.17, 15) is 4.79 Å². The van der Waals surface area contributed by atoms with Crippen molar-refractivity contribution in [1.29, 1.82) is 0 Å². The van der Waals surface area contributed by atoms with E-state index in [1.807, 2.05) is 30.3 Å². The smallest absolute Gasteiger partial charge is 0.224 e. The number of nitrogens with one attached hydrogen (secondary N) is 1. The van der Waals surface area contributed by atoms with Gasteiger partial charge in [0.1, 0.15) is 5.76 Å². The quantitative estimate of drug-likeness (QED) is 0.885. The van der Waals surface area contributed by atoms with E-state index in [1.165, 1.54) is 0 Å². The van der Waals surface area contributed by atoms with E-state index in [4.69, 9.17) is 4.42 Å². The monoisotopic (exact) mass is 323 g/mol. The van der Waals surface area contributed by atoms with Gasteiger partial charge >= 0.3 is 0 Å². The van der Waals surface area contributed by atoms with E-state index in [-0.39, 0.29) is 11.8 Å². The van der Waals surface area contributed by atoms with Gasteiger partial charge in [0.2, 0.25) is 5.91 Å². The molecule has 0 spiro atoms. The highest BCUT2D eigenvalue weighted by atomic mass is 16.3. The molecule has 3 heterocycles. The first kappa shape index (κ1) is 15.1. The summed E-state index contributed by atoms with van der Waals surface area (Å²) >= 11 is 0. The van der Waals surface area contributed by atoms with Crippen molar-refractivity contribution in [2.24, 2.45) is 17.8 Å². The molecule has 2 aromatic heterocycles. The number of hydrogen-bond donors (Lipinski definition) is 1. The summed E-state index contributed by atoms with van der Waals surface area (Å²) in [6, 6.07) is 7.70. The van der Waals surface area contributed by atoms with Crippen LogP contribution in [0.4, 0.5) is 0 Å². The molecule has 2 aliphatic rings. The van der Waals surface area contributed by atoms with Gasteiger partial charge in [0.25, 0.3) is 0 Å². The number of piperidine rings is 1. The van der Waals surface area contributed by atoms with Crippen LogP contribution in [-0.2, 0) is 11.3 Å². The molecule has 4 rings (SSSR count). The molecule has 1 N–H and O–H groups in total. The third-order valence-corrected chi connectivity index (χ3v) is 4.95.